The molecule has 0 radical (unpaired) electrons. The lowest BCUT2D eigenvalue weighted by atomic mass is 10.1. The highest BCUT2D eigenvalue weighted by Gasteiger charge is 2.09. The Morgan fingerprint density at radius 2 is 1.76 bits per heavy atom. The second-order valence-electron chi connectivity index (χ2n) is 5.94. The summed E-state index contributed by atoms with van der Waals surface area (Å²) in [5.41, 5.74) is 6.29. The molecule has 124 valence electrons. The van der Waals surface area contributed by atoms with Crippen molar-refractivity contribution in [2.75, 3.05) is 0 Å². The Morgan fingerprint density at radius 3 is 2.60 bits per heavy atom. The molecule has 0 aliphatic heterocycles. The smallest absolute Gasteiger partial charge is 0.251 e. The summed E-state index contributed by atoms with van der Waals surface area (Å²) in [6, 6.07) is 11.0. The first kappa shape index (κ1) is 15.3. The van der Waals surface area contributed by atoms with Gasteiger partial charge in [0.05, 0.1) is 22.4 Å². The van der Waals surface area contributed by atoms with Crippen molar-refractivity contribution >= 4 is 28.0 Å². The Balaban J connectivity index is 1.53. The average molecular weight is 332 g/mol. The average Bonchev–Trinajstić information content (AvgIpc) is 3.08. The van der Waals surface area contributed by atoms with E-state index in [2.05, 4.69) is 20.3 Å². The number of aryl methyl sites for hydroxylation is 2. The van der Waals surface area contributed by atoms with Crippen molar-refractivity contribution in [3.8, 4) is 0 Å². The zero-order valence-electron chi connectivity index (χ0n) is 13.9. The quantitative estimate of drug-likeness (QED) is 0.622. The van der Waals surface area contributed by atoms with Crippen molar-refractivity contribution in [1.82, 2.24) is 20.3 Å². The van der Waals surface area contributed by atoms with Crippen molar-refractivity contribution in [1.29, 1.82) is 0 Å². The standard InChI is InChI=1S/C19H16N4O2/c1-11-12(2)23-17-8-14(4-6-15(17)22-11)19(24)20-9-13-3-5-16-18(7-13)25-10-21-16/h3-8,10H,9H2,1-2H3,(H,20,24). The van der Waals surface area contributed by atoms with Gasteiger partial charge in [0.1, 0.15) is 5.52 Å². The first-order valence-electron chi connectivity index (χ1n) is 7.95. The molecule has 0 unspecified atom stereocenters. The van der Waals surface area contributed by atoms with Gasteiger partial charge in [-0.05, 0) is 49.7 Å². The maximum atomic E-state index is 12.4. The minimum atomic E-state index is -0.153. The van der Waals surface area contributed by atoms with Crippen molar-refractivity contribution < 1.29 is 9.21 Å². The molecular weight excluding hydrogens is 316 g/mol. The topological polar surface area (TPSA) is 80.9 Å². The second kappa shape index (κ2) is 5.98. The molecule has 6 nitrogen and oxygen atoms in total. The molecule has 2 heterocycles. The first-order valence-corrected chi connectivity index (χ1v) is 7.95. The van der Waals surface area contributed by atoms with E-state index in [1.807, 2.05) is 38.1 Å². The molecule has 0 saturated heterocycles. The van der Waals surface area contributed by atoms with Gasteiger partial charge in [-0.2, -0.15) is 0 Å². The molecule has 25 heavy (non-hydrogen) atoms. The number of hydrogen-bond acceptors (Lipinski definition) is 5. The number of nitrogens with zero attached hydrogens (tertiary/aromatic N) is 3. The zero-order chi connectivity index (χ0) is 17.4. The Hall–Kier alpha value is -3.28. The molecule has 6 heteroatoms. The second-order valence-corrected chi connectivity index (χ2v) is 5.94. The Morgan fingerprint density at radius 1 is 1.00 bits per heavy atom. The molecule has 0 fully saturated rings. The maximum absolute atomic E-state index is 12.4. The third kappa shape index (κ3) is 2.94. The summed E-state index contributed by atoms with van der Waals surface area (Å²) in [6.07, 6.45) is 1.41. The summed E-state index contributed by atoms with van der Waals surface area (Å²) in [5, 5.41) is 2.91. The van der Waals surface area contributed by atoms with Crippen LogP contribution in [0.5, 0.6) is 0 Å². The van der Waals surface area contributed by atoms with E-state index in [-0.39, 0.29) is 5.91 Å². The van der Waals surface area contributed by atoms with Crippen molar-refractivity contribution in [2.24, 2.45) is 0 Å². The van der Waals surface area contributed by atoms with E-state index in [0.29, 0.717) is 17.7 Å². The van der Waals surface area contributed by atoms with Crippen LogP contribution in [-0.4, -0.2) is 20.9 Å². The van der Waals surface area contributed by atoms with Crippen molar-refractivity contribution in [3.63, 3.8) is 0 Å². The molecule has 4 rings (SSSR count). The van der Waals surface area contributed by atoms with E-state index in [9.17, 15) is 4.79 Å². The highest BCUT2D eigenvalue weighted by molar-refractivity contribution is 5.97. The SMILES string of the molecule is Cc1nc2ccc(C(=O)NCc3ccc4ncoc4c3)cc2nc1C. The Kier molecular flexibility index (Phi) is 3.65. The van der Waals surface area contributed by atoms with Crippen LogP contribution in [0.15, 0.2) is 47.2 Å². The number of fused-ring (bicyclic) bond motifs is 2. The lowest BCUT2D eigenvalue weighted by Gasteiger charge is -2.07. The lowest BCUT2D eigenvalue weighted by molar-refractivity contribution is 0.0951. The number of oxazole rings is 1. The van der Waals surface area contributed by atoms with Gasteiger partial charge in [-0.1, -0.05) is 6.07 Å². The molecule has 0 bridgehead atoms. The number of aromatic nitrogens is 3. The molecule has 2 aromatic carbocycles. The monoisotopic (exact) mass is 332 g/mol. The third-order valence-corrected chi connectivity index (χ3v) is 4.19. The fourth-order valence-electron chi connectivity index (χ4n) is 2.67. The van der Waals surface area contributed by atoms with E-state index in [1.165, 1.54) is 6.39 Å². The van der Waals surface area contributed by atoms with Crippen LogP contribution in [0.1, 0.15) is 27.3 Å². The summed E-state index contributed by atoms with van der Waals surface area (Å²) in [7, 11) is 0. The van der Waals surface area contributed by atoms with E-state index >= 15 is 0 Å². The van der Waals surface area contributed by atoms with Crippen LogP contribution in [0.25, 0.3) is 22.1 Å². The minimum absolute atomic E-state index is 0.153. The fourth-order valence-corrected chi connectivity index (χ4v) is 2.67. The van der Waals surface area contributed by atoms with Gasteiger partial charge in [0.2, 0.25) is 0 Å². The third-order valence-electron chi connectivity index (χ3n) is 4.19. The van der Waals surface area contributed by atoms with Gasteiger partial charge in [-0.25, -0.2) is 15.0 Å². The molecule has 2 aromatic heterocycles. The van der Waals surface area contributed by atoms with Gasteiger partial charge in [0, 0.05) is 12.1 Å². The number of carbonyl (C=O) groups excluding carboxylic acids is 1. The largest absolute Gasteiger partial charge is 0.443 e. The Bertz CT molecular complexity index is 1100. The predicted molar refractivity (Wildman–Crippen MR) is 94.2 cm³/mol. The van der Waals surface area contributed by atoms with Crippen LogP contribution in [0.3, 0.4) is 0 Å². The van der Waals surface area contributed by atoms with Crippen LogP contribution in [0, 0.1) is 13.8 Å². The van der Waals surface area contributed by atoms with Crippen molar-refractivity contribution in [3.05, 3.63) is 65.3 Å². The summed E-state index contributed by atoms with van der Waals surface area (Å²) in [4.78, 5) is 25.5. The number of amides is 1. The maximum Gasteiger partial charge on any atom is 0.251 e. The van der Waals surface area contributed by atoms with Gasteiger partial charge in [-0.3, -0.25) is 4.79 Å². The number of nitrogens with one attached hydrogen (secondary N) is 1. The normalized spacial score (nSPS) is 11.1. The van der Waals surface area contributed by atoms with Gasteiger partial charge in [0.15, 0.2) is 12.0 Å². The number of rotatable bonds is 3. The number of carbonyl (C=O) groups is 1. The van der Waals surface area contributed by atoms with Crippen LogP contribution in [-0.2, 0) is 6.54 Å². The number of benzene rings is 2. The van der Waals surface area contributed by atoms with Gasteiger partial charge < -0.3 is 9.73 Å². The highest BCUT2D eigenvalue weighted by Crippen LogP contribution is 2.16. The summed E-state index contributed by atoms with van der Waals surface area (Å²) < 4.78 is 5.28. The molecule has 0 saturated carbocycles. The minimum Gasteiger partial charge on any atom is -0.443 e. The lowest BCUT2D eigenvalue weighted by Crippen LogP contribution is -2.22. The van der Waals surface area contributed by atoms with E-state index in [4.69, 9.17) is 4.42 Å². The van der Waals surface area contributed by atoms with Gasteiger partial charge in [0.25, 0.3) is 5.91 Å². The first-order chi connectivity index (χ1) is 12.1. The fraction of sp³-hybridized carbons (Fsp3) is 0.158. The highest BCUT2D eigenvalue weighted by atomic mass is 16.3. The van der Waals surface area contributed by atoms with E-state index in [1.54, 1.807) is 12.1 Å². The molecular formula is C19H16N4O2. The predicted octanol–water partition coefficient (Wildman–Crippen LogP) is 3.32. The number of hydrogen-bond donors (Lipinski definition) is 1. The van der Waals surface area contributed by atoms with Gasteiger partial charge in [-0.15, -0.1) is 0 Å². The van der Waals surface area contributed by atoms with Crippen molar-refractivity contribution in [2.45, 2.75) is 20.4 Å². The van der Waals surface area contributed by atoms with Crippen LogP contribution >= 0.6 is 0 Å². The molecule has 0 aliphatic carbocycles. The van der Waals surface area contributed by atoms with Crippen LogP contribution < -0.4 is 5.32 Å². The Labute approximate surface area is 143 Å². The van der Waals surface area contributed by atoms with E-state index in [0.717, 1.165) is 33.5 Å². The molecule has 1 N–H and O–H groups in total. The van der Waals surface area contributed by atoms with E-state index < -0.39 is 0 Å². The van der Waals surface area contributed by atoms with Crippen LogP contribution in [0.2, 0.25) is 0 Å². The molecule has 4 aromatic rings. The molecule has 0 spiro atoms. The molecule has 1 amide bonds. The summed E-state index contributed by atoms with van der Waals surface area (Å²) in [5.74, 6) is -0.153. The summed E-state index contributed by atoms with van der Waals surface area (Å²) >= 11 is 0. The zero-order valence-corrected chi connectivity index (χ0v) is 13.9. The molecule has 0 aliphatic rings. The van der Waals surface area contributed by atoms with Crippen LogP contribution in [0.4, 0.5) is 0 Å². The summed E-state index contributed by atoms with van der Waals surface area (Å²) in [6.45, 7) is 4.24. The molecule has 0 atom stereocenters. The van der Waals surface area contributed by atoms with Gasteiger partial charge >= 0.3 is 0 Å².